The summed E-state index contributed by atoms with van der Waals surface area (Å²) >= 11 is 7.15. The number of nitrogens with one attached hydrogen (secondary N) is 1. The second-order valence-corrected chi connectivity index (χ2v) is 9.64. The number of sulfonamides is 1. The molecule has 0 radical (unpaired) electrons. The van der Waals surface area contributed by atoms with Crippen molar-refractivity contribution in [1.82, 2.24) is 4.31 Å². The smallest absolute Gasteiger partial charge is 0.338 e. The second-order valence-electron chi connectivity index (χ2n) is 6.41. The van der Waals surface area contributed by atoms with Crippen molar-refractivity contribution in [1.29, 1.82) is 0 Å². The molecule has 0 unspecified atom stereocenters. The first-order valence-corrected chi connectivity index (χ1v) is 11.5. The van der Waals surface area contributed by atoms with Crippen molar-refractivity contribution < 1.29 is 27.5 Å². The third-order valence-corrected chi connectivity index (χ3v) is 7.58. The average molecular weight is 472 g/mol. The number of carbonyl (C=O) groups excluding carboxylic acids is 3. The van der Waals surface area contributed by atoms with E-state index in [1.807, 2.05) is 0 Å². The first-order valence-electron chi connectivity index (χ1n) is 8.84. The van der Waals surface area contributed by atoms with Crippen LogP contribution in [0.15, 0.2) is 34.5 Å². The molecule has 1 aliphatic rings. The van der Waals surface area contributed by atoms with Crippen LogP contribution in [0.4, 0.5) is 5.00 Å². The zero-order chi connectivity index (χ0) is 21.9. The molecule has 0 atom stereocenters. The maximum atomic E-state index is 12.7. The molecule has 1 aromatic carbocycles. The number of rotatable bonds is 7. The predicted octanol–water partition coefficient (Wildman–Crippen LogP) is 2.08. The highest BCUT2D eigenvalue weighted by atomic mass is 35.5. The lowest BCUT2D eigenvalue weighted by Crippen LogP contribution is -2.28. The number of esters is 1. The number of ether oxygens (including phenoxy) is 1. The van der Waals surface area contributed by atoms with Crippen LogP contribution in [0.1, 0.15) is 33.6 Å². The average Bonchev–Trinajstić information content (AvgIpc) is 3.38. The van der Waals surface area contributed by atoms with E-state index in [4.69, 9.17) is 22.1 Å². The van der Waals surface area contributed by atoms with Gasteiger partial charge in [-0.25, -0.2) is 13.2 Å². The van der Waals surface area contributed by atoms with E-state index in [2.05, 4.69) is 5.32 Å². The molecular weight excluding hydrogens is 454 g/mol. The largest absolute Gasteiger partial charge is 0.452 e. The van der Waals surface area contributed by atoms with Crippen LogP contribution in [0.2, 0.25) is 5.02 Å². The van der Waals surface area contributed by atoms with Crippen LogP contribution < -0.4 is 11.1 Å². The number of anilines is 1. The molecule has 0 saturated carbocycles. The van der Waals surface area contributed by atoms with Crippen molar-refractivity contribution in [2.24, 2.45) is 5.73 Å². The van der Waals surface area contributed by atoms with Gasteiger partial charge in [-0.05, 0) is 42.5 Å². The maximum Gasteiger partial charge on any atom is 0.338 e. The van der Waals surface area contributed by atoms with Gasteiger partial charge in [0.2, 0.25) is 10.0 Å². The second kappa shape index (κ2) is 9.13. The lowest BCUT2D eigenvalue weighted by molar-refractivity contribution is -0.119. The number of benzene rings is 1. The Morgan fingerprint density at radius 1 is 1.20 bits per heavy atom. The van der Waals surface area contributed by atoms with Crippen LogP contribution in [0.3, 0.4) is 0 Å². The highest BCUT2D eigenvalue weighted by Gasteiger charge is 2.30. The molecule has 2 aromatic rings. The molecule has 3 rings (SSSR count). The Bertz CT molecular complexity index is 1090. The van der Waals surface area contributed by atoms with Gasteiger partial charge in [-0.2, -0.15) is 4.31 Å². The zero-order valence-electron chi connectivity index (χ0n) is 15.6. The zero-order valence-corrected chi connectivity index (χ0v) is 18.0. The summed E-state index contributed by atoms with van der Waals surface area (Å²) in [6.45, 7) is 0.152. The number of hydrogen-bond acceptors (Lipinski definition) is 7. The topological polar surface area (TPSA) is 136 Å². The van der Waals surface area contributed by atoms with Gasteiger partial charge in [0, 0.05) is 13.1 Å². The summed E-state index contributed by atoms with van der Waals surface area (Å²) in [5.74, 6) is -2.26. The van der Waals surface area contributed by atoms with Crippen molar-refractivity contribution in [2.45, 2.75) is 17.7 Å². The standard InChI is InChI=1S/C18H18ClN3O6S2/c19-13-4-3-11(9-14(13)30(26,27)22-6-1-2-7-22)18(25)28-10-15(23)21-17-12(16(20)24)5-8-29-17/h3-5,8-9H,1-2,6-7,10H2,(H2,20,24)(H,21,23). The predicted molar refractivity (Wildman–Crippen MR) is 111 cm³/mol. The number of carbonyl (C=O) groups is 3. The van der Waals surface area contributed by atoms with Gasteiger partial charge in [-0.15, -0.1) is 11.3 Å². The fourth-order valence-electron chi connectivity index (χ4n) is 2.87. The Labute approximate surface area is 181 Å². The molecule has 1 aliphatic heterocycles. The molecule has 0 aliphatic carbocycles. The van der Waals surface area contributed by atoms with Crippen molar-refractivity contribution in [3.05, 3.63) is 45.8 Å². The third-order valence-electron chi connectivity index (χ3n) is 4.37. The molecule has 2 heterocycles. The first kappa shape index (κ1) is 22.2. The van der Waals surface area contributed by atoms with E-state index in [0.29, 0.717) is 13.1 Å². The molecule has 160 valence electrons. The van der Waals surface area contributed by atoms with E-state index in [-0.39, 0.29) is 26.0 Å². The summed E-state index contributed by atoms with van der Waals surface area (Å²) in [6.07, 6.45) is 1.52. The molecular formula is C18H18ClN3O6S2. The number of nitrogens with zero attached hydrogens (tertiary/aromatic N) is 1. The molecule has 12 heteroatoms. The van der Waals surface area contributed by atoms with Crippen molar-refractivity contribution in [3.63, 3.8) is 0 Å². The number of primary amides is 1. The minimum atomic E-state index is -3.83. The van der Waals surface area contributed by atoms with E-state index in [0.717, 1.165) is 30.2 Å². The Morgan fingerprint density at radius 2 is 1.90 bits per heavy atom. The summed E-state index contributed by atoms with van der Waals surface area (Å²) in [7, 11) is -3.83. The lowest BCUT2D eigenvalue weighted by atomic mass is 10.2. The molecule has 1 fully saturated rings. The van der Waals surface area contributed by atoms with Gasteiger partial charge in [0.05, 0.1) is 16.1 Å². The molecule has 9 nitrogen and oxygen atoms in total. The van der Waals surface area contributed by atoms with E-state index in [1.165, 1.54) is 22.5 Å². The van der Waals surface area contributed by atoms with Crippen LogP contribution in [0.5, 0.6) is 0 Å². The highest BCUT2D eigenvalue weighted by Crippen LogP contribution is 2.28. The van der Waals surface area contributed by atoms with E-state index in [9.17, 15) is 22.8 Å². The SMILES string of the molecule is NC(=O)c1ccsc1NC(=O)COC(=O)c1ccc(Cl)c(S(=O)(=O)N2CCCC2)c1. The van der Waals surface area contributed by atoms with Gasteiger partial charge in [0.25, 0.3) is 11.8 Å². The fourth-order valence-corrected chi connectivity index (χ4v) is 5.70. The van der Waals surface area contributed by atoms with Gasteiger partial charge in [-0.1, -0.05) is 11.6 Å². The summed E-state index contributed by atoms with van der Waals surface area (Å²) in [5.41, 5.74) is 5.30. The van der Waals surface area contributed by atoms with Crippen molar-refractivity contribution >= 4 is 55.7 Å². The van der Waals surface area contributed by atoms with Crippen molar-refractivity contribution in [2.75, 3.05) is 25.0 Å². The summed E-state index contributed by atoms with van der Waals surface area (Å²) in [5, 5.41) is 4.26. The van der Waals surface area contributed by atoms with Crippen LogP contribution in [-0.4, -0.2) is 50.2 Å². The molecule has 0 bridgehead atoms. The van der Waals surface area contributed by atoms with Crippen molar-refractivity contribution in [3.8, 4) is 0 Å². The minimum Gasteiger partial charge on any atom is -0.452 e. The third kappa shape index (κ3) is 4.81. The van der Waals surface area contributed by atoms with Gasteiger partial charge < -0.3 is 15.8 Å². The van der Waals surface area contributed by atoms with Crippen LogP contribution >= 0.6 is 22.9 Å². The summed E-state index contributed by atoms with van der Waals surface area (Å²) in [6, 6.07) is 5.22. The Balaban J connectivity index is 1.68. The van der Waals surface area contributed by atoms with Crippen LogP contribution in [0, 0.1) is 0 Å². The maximum absolute atomic E-state index is 12.7. The van der Waals surface area contributed by atoms with E-state index in [1.54, 1.807) is 5.38 Å². The number of amides is 2. The number of thiophene rings is 1. The normalized spacial score (nSPS) is 14.4. The Morgan fingerprint density at radius 3 is 2.57 bits per heavy atom. The van der Waals surface area contributed by atoms with E-state index >= 15 is 0 Å². The molecule has 0 spiro atoms. The number of hydrogen-bond donors (Lipinski definition) is 2. The van der Waals surface area contributed by atoms with Gasteiger partial charge in [0.15, 0.2) is 6.61 Å². The number of nitrogens with two attached hydrogens (primary N) is 1. The van der Waals surface area contributed by atoms with Gasteiger partial charge in [-0.3, -0.25) is 9.59 Å². The molecule has 2 amide bonds. The van der Waals surface area contributed by atoms with Gasteiger partial charge >= 0.3 is 5.97 Å². The summed E-state index contributed by atoms with van der Waals surface area (Å²) < 4.78 is 31.8. The molecule has 3 N–H and O–H groups in total. The first-order chi connectivity index (χ1) is 14.2. The van der Waals surface area contributed by atoms with Gasteiger partial charge in [0.1, 0.15) is 9.90 Å². The quantitative estimate of drug-likeness (QED) is 0.593. The molecule has 1 aromatic heterocycles. The molecule has 1 saturated heterocycles. The molecule has 30 heavy (non-hydrogen) atoms. The monoisotopic (exact) mass is 471 g/mol. The van der Waals surface area contributed by atoms with Crippen LogP contribution in [-0.2, 0) is 19.6 Å². The summed E-state index contributed by atoms with van der Waals surface area (Å²) in [4.78, 5) is 35.4. The van der Waals surface area contributed by atoms with Crippen LogP contribution in [0.25, 0.3) is 0 Å². The highest BCUT2D eigenvalue weighted by molar-refractivity contribution is 7.89. The number of halogens is 1. The van der Waals surface area contributed by atoms with E-state index < -0.39 is 34.4 Å². The Hall–Kier alpha value is -2.47. The Kier molecular flexibility index (Phi) is 6.76. The fraction of sp³-hybridized carbons (Fsp3) is 0.278. The lowest BCUT2D eigenvalue weighted by Gasteiger charge is -2.17. The minimum absolute atomic E-state index is 0.00660.